The highest BCUT2D eigenvalue weighted by atomic mass is 16.3. The standard InChI is InChI=1S/C19H23NO2/c21-18-12-11-17(19(18)22)20(13-15-7-3-1-4-8-15)14-16-9-5-2-6-10-16/h1-10,17-19,21-22H,11-14H2/t17-,18-,19-/m1/s1. The maximum absolute atomic E-state index is 10.3. The van der Waals surface area contributed by atoms with Crippen LogP contribution in [0.5, 0.6) is 0 Å². The molecule has 0 bridgehead atoms. The van der Waals surface area contributed by atoms with Gasteiger partial charge in [0, 0.05) is 19.1 Å². The molecule has 0 saturated heterocycles. The Kier molecular flexibility index (Phi) is 4.88. The van der Waals surface area contributed by atoms with E-state index in [-0.39, 0.29) is 6.04 Å². The predicted octanol–water partition coefficient (Wildman–Crippen LogP) is 2.57. The molecule has 0 amide bonds. The Morgan fingerprint density at radius 3 is 1.68 bits per heavy atom. The summed E-state index contributed by atoms with van der Waals surface area (Å²) in [7, 11) is 0. The summed E-state index contributed by atoms with van der Waals surface area (Å²) in [6, 6.07) is 20.6. The molecule has 0 aliphatic heterocycles. The van der Waals surface area contributed by atoms with Gasteiger partial charge in [0.2, 0.25) is 0 Å². The molecule has 22 heavy (non-hydrogen) atoms. The molecular formula is C19H23NO2. The number of hydrogen-bond donors (Lipinski definition) is 2. The summed E-state index contributed by atoms with van der Waals surface area (Å²) >= 11 is 0. The van der Waals surface area contributed by atoms with Crippen LogP contribution in [-0.2, 0) is 13.1 Å². The summed E-state index contributed by atoms with van der Waals surface area (Å²) in [5, 5.41) is 20.2. The summed E-state index contributed by atoms with van der Waals surface area (Å²) in [4.78, 5) is 2.28. The van der Waals surface area contributed by atoms with Crippen molar-refractivity contribution in [2.24, 2.45) is 0 Å². The topological polar surface area (TPSA) is 43.7 Å². The Morgan fingerprint density at radius 2 is 1.27 bits per heavy atom. The van der Waals surface area contributed by atoms with E-state index in [9.17, 15) is 10.2 Å². The molecule has 1 fully saturated rings. The van der Waals surface area contributed by atoms with Gasteiger partial charge in [-0.15, -0.1) is 0 Å². The van der Waals surface area contributed by atoms with Gasteiger partial charge in [-0.2, -0.15) is 0 Å². The van der Waals surface area contributed by atoms with Crippen LogP contribution in [0.3, 0.4) is 0 Å². The lowest BCUT2D eigenvalue weighted by Gasteiger charge is -2.31. The highest BCUT2D eigenvalue weighted by Crippen LogP contribution is 2.27. The normalized spacial score (nSPS) is 24.8. The van der Waals surface area contributed by atoms with E-state index in [1.165, 1.54) is 11.1 Å². The lowest BCUT2D eigenvalue weighted by molar-refractivity contribution is -0.00552. The van der Waals surface area contributed by atoms with Crippen molar-refractivity contribution in [3.05, 3.63) is 71.8 Å². The molecule has 2 aromatic carbocycles. The zero-order valence-corrected chi connectivity index (χ0v) is 12.7. The van der Waals surface area contributed by atoms with Crippen LogP contribution in [-0.4, -0.2) is 33.4 Å². The van der Waals surface area contributed by atoms with Crippen molar-refractivity contribution in [3.8, 4) is 0 Å². The molecule has 2 N–H and O–H groups in total. The van der Waals surface area contributed by atoms with Crippen molar-refractivity contribution in [1.29, 1.82) is 0 Å². The first-order valence-corrected chi connectivity index (χ1v) is 7.92. The molecule has 3 heteroatoms. The van der Waals surface area contributed by atoms with Crippen LogP contribution in [0.2, 0.25) is 0 Å². The SMILES string of the molecule is O[C@H]1[C@H](O)CC[C@H]1N(Cc1ccccc1)Cc1ccccc1. The molecule has 1 aliphatic carbocycles. The lowest BCUT2D eigenvalue weighted by Crippen LogP contribution is -2.42. The number of rotatable bonds is 5. The largest absolute Gasteiger partial charge is 0.390 e. The second-order valence-electron chi connectivity index (χ2n) is 6.08. The average molecular weight is 297 g/mol. The highest BCUT2D eigenvalue weighted by Gasteiger charge is 2.37. The van der Waals surface area contributed by atoms with E-state index in [4.69, 9.17) is 0 Å². The van der Waals surface area contributed by atoms with E-state index in [1.54, 1.807) is 0 Å². The van der Waals surface area contributed by atoms with E-state index in [1.807, 2.05) is 36.4 Å². The van der Waals surface area contributed by atoms with Crippen molar-refractivity contribution < 1.29 is 10.2 Å². The van der Waals surface area contributed by atoms with Gasteiger partial charge in [0.1, 0.15) is 0 Å². The fraction of sp³-hybridized carbons (Fsp3) is 0.368. The molecule has 0 radical (unpaired) electrons. The summed E-state index contributed by atoms with van der Waals surface area (Å²) in [6.45, 7) is 1.56. The number of nitrogens with zero attached hydrogens (tertiary/aromatic N) is 1. The zero-order valence-electron chi connectivity index (χ0n) is 12.7. The Morgan fingerprint density at radius 1 is 0.773 bits per heavy atom. The smallest absolute Gasteiger partial charge is 0.0954 e. The summed E-state index contributed by atoms with van der Waals surface area (Å²) in [6.07, 6.45) is 0.250. The van der Waals surface area contributed by atoms with Crippen LogP contribution in [0, 0.1) is 0 Å². The Hall–Kier alpha value is -1.68. The van der Waals surface area contributed by atoms with Gasteiger partial charge >= 0.3 is 0 Å². The van der Waals surface area contributed by atoms with Crippen LogP contribution in [0.25, 0.3) is 0 Å². The second-order valence-corrected chi connectivity index (χ2v) is 6.08. The zero-order chi connectivity index (χ0) is 15.4. The molecule has 0 heterocycles. The van der Waals surface area contributed by atoms with Gasteiger partial charge in [-0.1, -0.05) is 60.7 Å². The van der Waals surface area contributed by atoms with Crippen LogP contribution < -0.4 is 0 Å². The maximum atomic E-state index is 10.3. The molecule has 0 unspecified atom stereocenters. The molecule has 1 saturated carbocycles. The number of aliphatic hydroxyl groups excluding tert-OH is 2. The second kappa shape index (κ2) is 7.05. The molecule has 1 aliphatic rings. The van der Waals surface area contributed by atoms with Gasteiger partial charge < -0.3 is 10.2 Å². The number of benzene rings is 2. The number of aliphatic hydroxyl groups is 2. The molecule has 0 aromatic heterocycles. The summed E-state index contributed by atoms with van der Waals surface area (Å²) in [5.41, 5.74) is 2.46. The van der Waals surface area contributed by atoms with E-state index in [0.29, 0.717) is 6.42 Å². The van der Waals surface area contributed by atoms with Gasteiger partial charge in [-0.05, 0) is 24.0 Å². The van der Waals surface area contributed by atoms with E-state index < -0.39 is 12.2 Å². The minimum Gasteiger partial charge on any atom is -0.390 e. The molecular weight excluding hydrogens is 274 g/mol. The summed E-state index contributed by atoms with van der Waals surface area (Å²) < 4.78 is 0. The quantitative estimate of drug-likeness (QED) is 0.891. The van der Waals surface area contributed by atoms with E-state index >= 15 is 0 Å². The Bertz CT molecular complexity index is 531. The molecule has 2 aromatic rings. The van der Waals surface area contributed by atoms with Crippen molar-refractivity contribution >= 4 is 0 Å². The van der Waals surface area contributed by atoms with Crippen molar-refractivity contribution in [2.45, 2.75) is 44.2 Å². The maximum Gasteiger partial charge on any atom is 0.0954 e. The van der Waals surface area contributed by atoms with Gasteiger partial charge in [0.15, 0.2) is 0 Å². The molecule has 3 nitrogen and oxygen atoms in total. The summed E-state index contributed by atoms with van der Waals surface area (Å²) in [5.74, 6) is 0. The molecule has 0 spiro atoms. The van der Waals surface area contributed by atoms with Gasteiger partial charge in [0.25, 0.3) is 0 Å². The van der Waals surface area contributed by atoms with Crippen molar-refractivity contribution in [2.75, 3.05) is 0 Å². The first-order valence-electron chi connectivity index (χ1n) is 7.92. The van der Waals surface area contributed by atoms with Crippen LogP contribution in [0.4, 0.5) is 0 Å². The average Bonchev–Trinajstić information content (AvgIpc) is 2.88. The fourth-order valence-corrected chi connectivity index (χ4v) is 3.26. The molecule has 3 atom stereocenters. The minimum absolute atomic E-state index is 0.00964. The lowest BCUT2D eigenvalue weighted by atomic mass is 10.1. The van der Waals surface area contributed by atoms with Crippen molar-refractivity contribution in [1.82, 2.24) is 4.90 Å². The molecule has 116 valence electrons. The first kappa shape index (κ1) is 15.2. The number of hydrogen-bond acceptors (Lipinski definition) is 3. The van der Waals surface area contributed by atoms with Crippen LogP contribution >= 0.6 is 0 Å². The first-order chi connectivity index (χ1) is 10.7. The Balaban J connectivity index is 1.79. The van der Waals surface area contributed by atoms with Gasteiger partial charge in [0.05, 0.1) is 12.2 Å². The molecule has 3 rings (SSSR count). The third kappa shape index (κ3) is 3.55. The third-order valence-corrected chi connectivity index (χ3v) is 4.47. The van der Waals surface area contributed by atoms with Crippen molar-refractivity contribution in [3.63, 3.8) is 0 Å². The minimum atomic E-state index is -0.660. The predicted molar refractivity (Wildman–Crippen MR) is 87.2 cm³/mol. The monoisotopic (exact) mass is 297 g/mol. The Labute approximate surface area is 131 Å². The van der Waals surface area contributed by atoms with Gasteiger partial charge in [-0.25, -0.2) is 0 Å². The van der Waals surface area contributed by atoms with Gasteiger partial charge in [-0.3, -0.25) is 4.90 Å². The van der Waals surface area contributed by atoms with E-state index in [0.717, 1.165) is 19.5 Å². The third-order valence-electron chi connectivity index (χ3n) is 4.47. The fourth-order valence-electron chi connectivity index (χ4n) is 3.26. The highest BCUT2D eigenvalue weighted by molar-refractivity contribution is 5.17. The van der Waals surface area contributed by atoms with Crippen LogP contribution in [0.1, 0.15) is 24.0 Å². The van der Waals surface area contributed by atoms with Crippen LogP contribution in [0.15, 0.2) is 60.7 Å². The van der Waals surface area contributed by atoms with E-state index in [2.05, 4.69) is 29.2 Å².